The van der Waals surface area contributed by atoms with Crippen LogP contribution in [0.3, 0.4) is 0 Å². The molecular formula is C27H32N6O2. The fraction of sp³-hybridized carbons (Fsp3) is 0.296. The van der Waals surface area contributed by atoms with Crippen molar-refractivity contribution in [1.82, 2.24) is 19.8 Å². The van der Waals surface area contributed by atoms with Gasteiger partial charge in [-0.1, -0.05) is 36.4 Å². The number of nitrogens with one attached hydrogen (secondary N) is 1. The van der Waals surface area contributed by atoms with Crippen molar-refractivity contribution >= 4 is 17.5 Å². The average molecular weight is 473 g/mol. The van der Waals surface area contributed by atoms with Crippen LogP contribution in [0.5, 0.6) is 11.5 Å². The molecule has 2 heterocycles. The number of anilines is 2. The number of hydrogen-bond donors (Lipinski definition) is 2. The Morgan fingerprint density at radius 1 is 1.14 bits per heavy atom. The van der Waals surface area contributed by atoms with Crippen molar-refractivity contribution in [2.24, 2.45) is 5.92 Å². The number of hydrogen-bond acceptors (Lipinski definition) is 7. The van der Waals surface area contributed by atoms with Gasteiger partial charge in [0.2, 0.25) is 5.91 Å². The van der Waals surface area contributed by atoms with Crippen LogP contribution < -0.4 is 15.8 Å². The van der Waals surface area contributed by atoms with Crippen LogP contribution in [-0.4, -0.2) is 65.9 Å². The second-order valence-electron chi connectivity index (χ2n) is 8.91. The Morgan fingerprint density at radius 3 is 2.63 bits per heavy atom. The third kappa shape index (κ3) is 6.58. The first-order valence-electron chi connectivity index (χ1n) is 11.8. The van der Waals surface area contributed by atoms with E-state index in [4.69, 9.17) is 10.5 Å². The number of likely N-dealkylation sites (tertiary alicyclic amines) is 1. The maximum atomic E-state index is 12.4. The maximum absolute atomic E-state index is 12.4. The summed E-state index contributed by atoms with van der Waals surface area (Å²) in [4.78, 5) is 25.0. The largest absolute Gasteiger partial charge is 0.457 e. The number of nitrogens with two attached hydrogens (primary N) is 1. The number of amides is 1. The molecule has 1 aliphatic heterocycles. The standard InChI is InChI=1S/C27H32N6O2/c1-32(2)15-6-9-24(34)33-16-14-20(18-33)17-29-27-25(26(28)30-19-31-27)21-10-12-23(13-11-21)35-22-7-4-3-5-8-22/h3-13,19-20H,14-18H2,1-2H3,(H3,28,29,30,31)/t20-/m1/s1. The summed E-state index contributed by atoms with van der Waals surface area (Å²) in [5.74, 6) is 3.02. The second kappa shape index (κ2) is 11.5. The van der Waals surface area contributed by atoms with Crippen LogP contribution in [0.15, 0.2) is 73.1 Å². The van der Waals surface area contributed by atoms with Crippen molar-refractivity contribution in [1.29, 1.82) is 0 Å². The number of carbonyl (C=O) groups is 1. The Labute approximate surface area is 206 Å². The maximum Gasteiger partial charge on any atom is 0.246 e. The Kier molecular flexibility index (Phi) is 7.95. The summed E-state index contributed by atoms with van der Waals surface area (Å²) in [7, 11) is 3.96. The first kappa shape index (κ1) is 24.2. The monoisotopic (exact) mass is 472 g/mol. The van der Waals surface area contributed by atoms with Gasteiger partial charge >= 0.3 is 0 Å². The van der Waals surface area contributed by atoms with E-state index in [0.29, 0.717) is 24.1 Å². The normalized spacial score (nSPS) is 15.6. The molecule has 1 atom stereocenters. The highest BCUT2D eigenvalue weighted by molar-refractivity contribution is 5.88. The third-order valence-electron chi connectivity index (χ3n) is 5.89. The molecule has 1 aliphatic rings. The van der Waals surface area contributed by atoms with Gasteiger partial charge in [0.15, 0.2) is 0 Å². The van der Waals surface area contributed by atoms with Gasteiger partial charge in [-0.2, -0.15) is 0 Å². The molecule has 1 aromatic heterocycles. The number of nitrogens with zero attached hydrogens (tertiary/aromatic N) is 4. The molecule has 1 saturated heterocycles. The lowest BCUT2D eigenvalue weighted by molar-refractivity contribution is -0.125. The molecule has 8 nitrogen and oxygen atoms in total. The molecule has 0 saturated carbocycles. The van der Waals surface area contributed by atoms with Crippen molar-refractivity contribution in [3.63, 3.8) is 0 Å². The van der Waals surface area contributed by atoms with E-state index < -0.39 is 0 Å². The molecule has 0 bridgehead atoms. The van der Waals surface area contributed by atoms with Gasteiger partial charge in [-0.3, -0.25) is 4.79 Å². The second-order valence-corrected chi connectivity index (χ2v) is 8.91. The highest BCUT2D eigenvalue weighted by Gasteiger charge is 2.25. The van der Waals surface area contributed by atoms with Gasteiger partial charge in [-0.25, -0.2) is 9.97 Å². The van der Waals surface area contributed by atoms with Crippen LogP contribution in [0.1, 0.15) is 6.42 Å². The minimum absolute atomic E-state index is 0.0686. The predicted molar refractivity (Wildman–Crippen MR) is 139 cm³/mol. The summed E-state index contributed by atoms with van der Waals surface area (Å²) in [6, 6.07) is 17.4. The minimum atomic E-state index is 0.0686. The number of benzene rings is 2. The number of ether oxygens (including phenoxy) is 1. The van der Waals surface area contributed by atoms with Crippen molar-refractivity contribution < 1.29 is 9.53 Å². The summed E-state index contributed by atoms with van der Waals surface area (Å²) in [6.45, 7) is 2.93. The van der Waals surface area contributed by atoms with E-state index in [1.807, 2.05) is 84.6 Å². The summed E-state index contributed by atoms with van der Waals surface area (Å²) >= 11 is 0. The lowest BCUT2D eigenvalue weighted by atomic mass is 10.1. The number of nitrogen functional groups attached to an aromatic ring is 1. The van der Waals surface area contributed by atoms with Crippen LogP contribution in [0.2, 0.25) is 0 Å². The zero-order valence-corrected chi connectivity index (χ0v) is 20.2. The lowest BCUT2D eigenvalue weighted by Crippen LogP contribution is -2.28. The molecule has 0 radical (unpaired) electrons. The average Bonchev–Trinajstić information content (AvgIpc) is 3.33. The van der Waals surface area contributed by atoms with Crippen molar-refractivity contribution in [2.75, 3.05) is 51.3 Å². The number of rotatable bonds is 9. The number of aromatic nitrogens is 2. The summed E-state index contributed by atoms with van der Waals surface area (Å²) in [5.41, 5.74) is 7.91. The molecule has 0 unspecified atom stereocenters. The quantitative estimate of drug-likeness (QED) is 0.456. The molecule has 3 N–H and O–H groups in total. The van der Waals surface area contributed by atoms with Crippen molar-refractivity contribution in [3.05, 3.63) is 73.1 Å². The SMILES string of the molecule is CN(C)CC=CC(=O)N1CC[C@H](CNc2ncnc(N)c2-c2ccc(Oc3ccccc3)cc2)C1. The molecule has 8 heteroatoms. The Morgan fingerprint density at radius 2 is 1.89 bits per heavy atom. The van der Waals surface area contributed by atoms with E-state index in [2.05, 4.69) is 15.3 Å². The number of likely N-dealkylation sites (N-methyl/N-ethyl adjacent to an activating group) is 1. The van der Waals surface area contributed by atoms with Gasteiger partial charge in [0, 0.05) is 32.3 Å². The van der Waals surface area contributed by atoms with Gasteiger partial charge in [-0.05, 0) is 56.3 Å². The third-order valence-corrected chi connectivity index (χ3v) is 5.89. The van der Waals surface area contributed by atoms with Crippen molar-refractivity contribution in [3.8, 4) is 22.6 Å². The topological polar surface area (TPSA) is 96.6 Å². The molecule has 4 rings (SSSR count). The Bertz CT molecular complexity index is 1150. The van der Waals surface area contributed by atoms with Crippen LogP contribution in [0.25, 0.3) is 11.1 Å². The zero-order valence-electron chi connectivity index (χ0n) is 20.2. The summed E-state index contributed by atoms with van der Waals surface area (Å²) in [6.07, 6.45) is 5.99. The molecule has 0 spiro atoms. The van der Waals surface area contributed by atoms with Gasteiger partial charge in [-0.15, -0.1) is 0 Å². The molecule has 2 aromatic carbocycles. The number of carbonyl (C=O) groups excluding carboxylic acids is 1. The van der Waals surface area contributed by atoms with Gasteiger partial charge in [0.1, 0.15) is 29.5 Å². The fourth-order valence-electron chi connectivity index (χ4n) is 4.04. The van der Waals surface area contributed by atoms with Crippen LogP contribution >= 0.6 is 0 Å². The number of para-hydroxylation sites is 1. The zero-order chi connectivity index (χ0) is 24.6. The fourth-order valence-corrected chi connectivity index (χ4v) is 4.04. The van der Waals surface area contributed by atoms with Crippen LogP contribution in [0, 0.1) is 5.92 Å². The van der Waals surface area contributed by atoms with E-state index in [9.17, 15) is 4.79 Å². The molecule has 182 valence electrons. The van der Waals surface area contributed by atoms with E-state index in [-0.39, 0.29) is 5.91 Å². The minimum Gasteiger partial charge on any atom is -0.457 e. The highest BCUT2D eigenvalue weighted by Crippen LogP contribution is 2.33. The van der Waals surface area contributed by atoms with Crippen LogP contribution in [-0.2, 0) is 4.79 Å². The molecule has 0 aliphatic carbocycles. The smallest absolute Gasteiger partial charge is 0.246 e. The summed E-state index contributed by atoms with van der Waals surface area (Å²) < 4.78 is 5.89. The first-order chi connectivity index (χ1) is 17.0. The van der Waals surface area contributed by atoms with Gasteiger partial charge < -0.3 is 25.6 Å². The Hall–Kier alpha value is -3.91. The van der Waals surface area contributed by atoms with Crippen molar-refractivity contribution in [2.45, 2.75) is 6.42 Å². The van der Waals surface area contributed by atoms with Crippen LogP contribution in [0.4, 0.5) is 11.6 Å². The highest BCUT2D eigenvalue weighted by atomic mass is 16.5. The molecular weight excluding hydrogens is 440 g/mol. The predicted octanol–water partition coefficient (Wildman–Crippen LogP) is 3.90. The van der Waals surface area contributed by atoms with E-state index in [1.54, 1.807) is 6.08 Å². The van der Waals surface area contributed by atoms with E-state index in [0.717, 1.165) is 48.7 Å². The molecule has 1 fully saturated rings. The molecule has 3 aromatic rings. The first-order valence-corrected chi connectivity index (χ1v) is 11.8. The summed E-state index contributed by atoms with van der Waals surface area (Å²) in [5, 5.41) is 3.44. The van der Waals surface area contributed by atoms with Gasteiger partial charge in [0.25, 0.3) is 0 Å². The Balaban J connectivity index is 1.38. The van der Waals surface area contributed by atoms with E-state index in [1.165, 1.54) is 6.33 Å². The van der Waals surface area contributed by atoms with E-state index >= 15 is 0 Å². The van der Waals surface area contributed by atoms with Gasteiger partial charge in [0.05, 0.1) is 5.56 Å². The molecule has 35 heavy (non-hydrogen) atoms. The molecule has 1 amide bonds. The lowest BCUT2D eigenvalue weighted by Gasteiger charge is -2.17.